The van der Waals surface area contributed by atoms with Crippen LogP contribution in [-0.4, -0.2) is 23.8 Å². The van der Waals surface area contributed by atoms with Crippen molar-refractivity contribution in [2.45, 2.75) is 25.4 Å². The van der Waals surface area contributed by atoms with E-state index in [2.05, 4.69) is 4.74 Å². The quantitative estimate of drug-likeness (QED) is 0.539. The molecule has 0 aliphatic heterocycles. The van der Waals surface area contributed by atoms with Crippen LogP contribution in [0.1, 0.15) is 19.8 Å². The zero-order valence-corrected chi connectivity index (χ0v) is 6.26. The van der Waals surface area contributed by atoms with Crippen molar-refractivity contribution < 1.29 is 14.6 Å². The molecule has 58 valence electrons. The Morgan fingerprint density at radius 3 is 2.50 bits per heavy atom. The summed E-state index contributed by atoms with van der Waals surface area (Å²) in [6.07, 6.45) is 1.08. The van der Waals surface area contributed by atoms with Crippen molar-refractivity contribution in [1.29, 1.82) is 0 Å². The van der Waals surface area contributed by atoms with Crippen LogP contribution in [0.4, 0.5) is 0 Å². The standard InChI is InChI=1S/C7H12O3/c1-7(9)3-5(4-7)6(8)10-2/h5,9H,3-4H2,1-2H3/t5-,7+. The SMILES string of the molecule is COC(=O)[C@H]1C[C@@](C)(O)C1. The normalized spacial score (nSPS) is 38.5. The lowest BCUT2D eigenvalue weighted by atomic mass is 9.72. The van der Waals surface area contributed by atoms with E-state index in [0.29, 0.717) is 12.8 Å². The van der Waals surface area contributed by atoms with Crippen LogP contribution in [0.3, 0.4) is 0 Å². The lowest BCUT2D eigenvalue weighted by Crippen LogP contribution is -2.44. The molecule has 1 saturated carbocycles. The summed E-state index contributed by atoms with van der Waals surface area (Å²) < 4.78 is 4.50. The second-order valence-electron chi connectivity index (χ2n) is 3.13. The summed E-state index contributed by atoms with van der Waals surface area (Å²) in [5, 5.41) is 9.22. The van der Waals surface area contributed by atoms with Gasteiger partial charge in [0.25, 0.3) is 0 Å². The smallest absolute Gasteiger partial charge is 0.308 e. The molecular weight excluding hydrogens is 132 g/mol. The monoisotopic (exact) mass is 144 g/mol. The first-order valence-corrected chi connectivity index (χ1v) is 3.35. The predicted molar refractivity (Wildman–Crippen MR) is 35.4 cm³/mol. The van der Waals surface area contributed by atoms with Gasteiger partial charge in [0.2, 0.25) is 0 Å². The number of hydrogen-bond donors (Lipinski definition) is 1. The van der Waals surface area contributed by atoms with Gasteiger partial charge in [-0.05, 0) is 19.8 Å². The lowest BCUT2D eigenvalue weighted by molar-refractivity contribution is -0.159. The Hall–Kier alpha value is -0.570. The molecule has 10 heavy (non-hydrogen) atoms. The van der Waals surface area contributed by atoms with E-state index in [9.17, 15) is 9.90 Å². The molecule has 0 heterocycles. The maximum absolute atomic E-state index is 10.7. The molecule has 0 radical (unpaired) electrons. The van der Waals surface area contributed by atoms with Crippen LogP contribution in [0.25, 0.3) is 0 Å². The van der Waals surface area contributed by atoms with Crippen LogP contribution in [0, 0.1) is 5.92 Å². The van der Waals surface area contributed by atoms with Crippen LogP contribution in [0.5, 0.6) is 0 Å². The van der Waals surface area contributed by atoms with Crippen LogP contribution in [0.2, 0.25) is 0 Å². The van der Waals surface area contributed by atoms with Gasteiger partial charge in [0, 0.05) is 0 Å². The Morgan fingerprint density at radius 1 is 1.70 bits per heavy atom. The van der Waals surface area contributed by atoms with Gasteiger partial charge in [-0.15, -0.1) is 0 Å². The molecule has 1 fully saturated rings. The van der Waals surface area contributed by atoms with E-state index in [0.717, 1.165) is 0 Å². The zero-order chi connectivity index (χ0) is 7.78. The highest BCUT2D eigenvalue weighted by atomic mass is 16.5. The third-order valence-electron chi connectivity index (χ3n) is 1.91. The van der Waals surface area contributed by atoms with Crippen molar-refractivity contribution in [3.63, 3.8) is 0 Å². The summed E-state index contributed by atoms with van der Waals surface area (Å²) in [7, 11) is 1.37. The van der Waals surface area contributed by atoms with Crippen LogP contribution < -0.4 is 0 Å². The number of carbonyl (C=O) groups excluding carboxylic acids is 1. The number of rotatable bonds is 1. The molecule has 1 aliphatic rings. The maximum atomic E-state index is 10.7. The zero-order valence-electron chi connectivity index (χ0n) is 6.26. The molecule has 0 aromatic rings. The van der Waals surface area contributed by atoms with Crippen molar-refractivity contribution in [3.8, 4) is 0 Å². The summed E-state index contributed by atoms with van der Waals surface area (Å²) in [5.41, 5.74) is -0.626. The summed E-state index contributed by atoms with van der Waals surface area (Å²) in [5.74, 6) is -0.272. The minimum atomic E-state index is -0.626. The van der Waals surface area contributed by atoms with Crippen LogP contribution in [0.15, 0.2) is 0 Å². The number of methoxy groups -OCH3 is 1. The Labute approximate surface area is 60.0 Å². The van der Waals surface area contributed by atoms with Crippen molar-refractivity contribution in [3.05, 3.63) is 0 Å². The average Bonchev–Trinajstić information content (AvgIpc) is 1.81. The minimum Gasteiger partial charge on any atom is -0.469 e. The van der Waals surface area contributed by atoms with E-state index in [4.69, 9.17) is 0 Å². The van der Waals surface area contributed by atoms with Gasteiger partial charge in [-0.3, -0.25) is 4.79 Å². The first-order chi connectivity index (χ1) is 4.55. The third-order valence-corrected chi connectivity index (χ3v) is 1.91. The van der Waals surface area contributed by atoms with E-state index in [1.807, 2.05) is 0 Å². The van der Waals surface area contributed by atoms with E-state index >= 15 is 0 Å². The van der Waals surface area contributed by atoms with E-state index in [1.54, 1.807) is 6.92 Å². The molecule has 1 N–H and O–H groups in total. The number of ether oxygens (including phenoxy) is 1. The summed E-state index contributed by atoms with van der Waals surface area (Å²) in [4.78, 5) is 10.7. The number of aliphatic hydroxyl groups is 1. The summed E-state index contributed by atoms with van der Waals surface area (Å²) in [6, 6.07) is 0. The molecular formula is C7H12O3. The van der Waals surface area contributed by atoms with Gasteiger partial charge in [0.05, 0.1) is 18.6 Å². The predicted octanol–water partition coefficient (Wildman–Crippen LogP) is 0.320. The van der Waals surface area contributed by atoms with Crippen LogP contribution >= 0.6 is 0 Å². The Bertz CT molecular complexity index is 143. The Morgan fingerprint density at radius 2 is 2.20 bits per heavy atom. The summed E-state index contributed by atoms with van der Waals surface area (Å²) >= 11 is 0. The molecule has 0 aromatic carbocycles. The lowest BCUT2D eigenvalue weighted by Gasteiger charge is -2.38. The fourth-order valence-electron chi connectivity index (χ4n) is 1.34. The molecule has 0 spiro atoms. The molecule has 3 nitrogen and oxygen atoms in total. The van der Waals surface area contributed by atoms with Gasteiger partial charge in [-0.1, -0.05) is 0 Å². The molecule has 1 rings (SSSR count). The highest BCUT2D eigenvalue weighted by Crippen LogP contribution is 2.37. The van der Waals surface area contributed by atoms with Crippen molar-refractivity contribution in [1.82, 2.24) is 0 Å². The van der Waals surface area contributed by atoms with Gasteiger partial charge < -0.3 is 9.84 Å². The minimum absolute atomic E-state index is 0.0694. The first-order valence-electron chi connectivity index (χ1n) is 3.35. The Balaban J connectivity index is 2.33. The van der Waals surface area contributed by atoms with E-state index < -0.39 is 5.60 Å². The summed E-state index contributed by atoms with van der Waals surface area (Å²) in [6.45, 7) is 1.73. The highest BCUT2D eigenvalue weighted by Gasteiger charge is 2.42. The largest absolute Gasteiger partial charge is 0.469 e. The fourth-order valence-corrected chi connectivity index (χ4v) is 1.34. The van der Waals surface area contributed by atoms with Crippen molar-refractivity contribution in [2.75, 3.05) is 7.11 Å². The second kappa shape index (κ2) is 2.23. The van der Waals surface area contributed by atoms with Crippen LogP contribution in [-0.2, 0) is 9.53 Å². The fraction of sp³-hybridized carbons (Fsp3) is 0.857. The third kappa shape index (κ3) is 1.29. The average molecular weight is 144 g/mol. The van der Waals surface area contributed by atoms with Gasteiger partial charge in [0.1, 0.15) is 0 Å². The number of hydrogen-bond acceptors (Lipinski definition) is 3. The van der Waals surface area contributed by atoms with Crippen molar-refractivity contribution >= 4 is 5.97 Å². The van der Waals surface area contributed by atoms with E-state index in [1.165, 1.54) is 7.11 Å². The second-order valence-corrected chi connectivity index (χ2v) is 3.13. The number of carbonyl (C=O) groups is 1. The van der Waals surface area contributed by atoms with E-state index in [-0.39, 0.29) is 11.9 Å². The molecule has 3 heteroatoms. The topological polar surface area (TPSA) is 46.5 Å². The molecule has 0 atom stereocenters. The molecule has 0 amide bonds. The molecule has 1 aliphatic carbocycles. The van der Waals surface area contributed by atoms with Gasteiger partial charge in [-0.2, -0.15) is 0 Å². The molecule has 0 aromatic heterocycles. The maximum Gasteiger partial charge on any atom is 0.308 e. The highest BCUT2D eigenvalue weighted by molar-refractivity contribution is 5.73. The van der Waals surface area contributed by atoms with Gasteiger partial charge >= 0.3 is 5.97 Å². The number of esters is 1. The molecule has 0 bridgehead atoms. The van der Waals surface area contributed by atoms with Gasteiger partial charge in [-0.25, -0.2) is 0 Å². The Kier molecular flexibility index (Phi) is 1.68. The van der Waals surface area contributed by atoms with Gasteiger partial charge in [0.15, 0.2) is 0 Å². The molecule has 0 saturated heterocycles. The molecule has 0 unspecified atom stereocenters. The first kappa shape index (κ1) is 7.54. The van der Waals surface area contributed by atoms with Crippen molar-refractivity contribution in [2.24, 2.45) is 5.92 Å².